The van der Waals surface area contributed by atoms with E-state index in [1.807, 2.05) is 26.8 Å². The van der Waals surface area contributed by atoms with Crippen LogP contribution in [0.3, 0.4) is 0 Å². The fourth-order valence-electron chi connectivity index (χ4n) is 1.76. The third-order valence-corrected chi connectivity index (χ3v) is 3.70. The van der Waals surface area contributed by atoms with Gasteiger partial charge in [-0.2, -0.15) is 5.10 Å². The van der Waals surface area contributed by atoms with Gasteiger partial charge in [0.2, 0.25) is 0 Å². The number of hydrogen-bond acceptors (Lipinski definition) is 1. The molecular weight excluding hydrogens is 283 g/mol. The normalized spacial score (nSPS) is 10.9. The van der Waals surface area contributed by atoms with Crippen molar-refractivity contribution in [3.63, 3.8) is 0 Å². The van der Waals surface area contributed by atoms with Crippen LogP contribution in [0.5, 0.6) is 0 Å². The van der Waals surface area contributed by atoms with Gasteiger partial charge in [0.1, 0.15) is 11.5 Å². The van der Waals surface area contributed by atoms with Crippen LogP contribution < -0.4 is 0 Å². The molecule has 0 bridgehead atoms. The number of benzene rings is 1. The largest absolute Gasteiger partial charge is 0.235 e. The molecule has 0 saturated carbocycles. The van der Waals surface area contributed by atoms with E-state index >= 15 is 0 Å². The molecule has 0 saturated heterocycles. The van der Waals surface area contributed by atoms with Gasteiger partial charge in [-0.25, -0.2) is 9.07 Å². The van der Waals surface area contributed by atoms with Gasteiger partial charge in [0.25, 0.3) is 0 Å². The van der Waals surface area contributed by atoms with Gasteiger partial charge in [-0.3, -0.25) is 0 Å². The van der Waals surface area contributed by atoms with Gasteiger partial charge in [0.05, 0.1) is 5.69 Å². The molecule has 17 heavy (non-hydrogen) atoms. The predicted octanol–water partition coefficient (Wildman–Crippen LogP) is 3.83. The van der Waals surface area contributed by atoms with Gasteiger partial charge >= 0.3 is 0 Å². The van der Waals surface area contributed by atoms with Crippen LogP contribution in [0.1, 0.15) is 22.5 Å². The zero-order valence-corrected chi connectivity index (χ0v) is 11.7. The molecule has 2 rings (SSSR count). The Balaban J connectivity index is 2.57. The minimum Gasteiger partial charge on any atom is -0.235 e. The molecule has 0 N–H and O–H groups in total. The summed E-state index contributed by atoms with van der Waals surface area (Å²) >= 11 is 3.31. The van der Waals surface area contributed by atoms with Crippen molar-refractivity contribution in [3.05, 3.63) is 46.5 Å². The molecule has 0 atom stereocenters. The monoisotopic (exact) mass is 296 g/mol. The fraction of sp³-hybridized carbons (Fsp3) is 0.308. The molecule has 1 aromatic heterocycles. The predicted molar refractivity (Wildman–Crippen MR) is 70.4 cm³/mol. The maximum atomic E-state index is 14.0. The molecule has 0 unspecified atom stereocenters. The number of aromatic nitrogens is 2. The quantitative estimate of drug-likeness (QED) is 0.770. The average Bonchev–Trinajstić information content (AvgIpc) is 2.57. The number of halogens is 2. The van der Waals surface area contributed by atoms with Gasteiger partial charge in [-0.05, 0) is 44.0 Å². The maximum absolute atomic E-state index is 14.0. The average molecular weight is 297 g/mol. The summed E-state index contributed by atoms with van der Waals surface area (Å²) in [4.78, 5) is 0. The zero-order valence-electron chi connectivity index (χ0n) is 10.1. The van der Waals surface area contributed by atoms with Crippen molar-refractivity contribution in [1.82, 2.24) is 9.78 Å². The van der Waals surface area contributed by atoms with Crippen LogP contribution in [0.4, 0.5) is 4.39 Å². The van der Waals surface area contributed by atoms with Crippen molar-refractivity contribution in [3.8, 4) is 5.69 Å². The number of nitrogens with zero attached hydrogens (tertiary/aromatic N) is 2. The molecule has 0 amide bonds. The number of rotatable bonds is 2. The first kappa shape index (κ1) is 12.3. The number of hydrogen-bond donors (Lipinski definition) is 0. The molecule has 0 radical (unpaired) electrons. The first-order valence-electron chi connectivity index (χ1n) is 5.42. The van der Waals surface area contributed by atoms with Gasteiger partial charge in [0, 0.05) is 11.0 Å². The van der Waals surface area contributed by atoms with Crippen LogP contribution in [0, 0.1) is 26.6 Å². The topological polar surface area (TPSA) is 17.8 Å². The lowest BCUT2D eigenvalue weighted by atomic mass is 10.2. The summed E-state index contributed by atoms with van der Waals surface area (Å²) < 4.78 is 15.6. The fourth-order valence-corrected chi connectivity index (χ4v) is 2.11. The van der Waals surface area contributed by atoms with Crippen molar-refractivity contribution in [2.75, 3.05) is 0 Å². The lowest BCUT2D eigenvalue weighted by molar-refractivity contribution is 0.606. The van der Waals surface area contributed by atoms with Gasteiger partial charge < -0.3 is 0 Å². The van der Waals surface area contributed by atoms with Crippen molar-refractivity contribution in [1.29, 1.82) is 0 Å². The van der Waals surface area contributed by atoms with E-state index in [1.165, 1.54) is 6.07 Å². The molecule has 0 aliphatic rings. The minimum absolute atomic E-state index is 0.243. The second-order valence-electron chi connectivity index (χ2n) is 4.13. The lowest BCUT2D eigenvalue weighted by Gasteiger charge is -2.07. The van der Waals surface area contributed by atoms with Crippen LogP contribution in [0.25, 0.3) is 5.69 Å². The molecule has 1 heterocycles. The van der Waals surface area contributed by atoms with Gasteiger partial charge in [-0.15, -0.1) is 0 Å². The van der Waals surface area contributed by atoms with Crippen LogP contribution >= 0.6 is 15.9 Å². The Kier molecular flexibility index (Phi) is 3.33. The van der Waals surface area contributed by atoms with Crippen molar-refractivity contribution >= 4 is 15.9 Å². The Hall–Kier alpha value is -1.16. The van der Waals surface area contributed by atoms with E-state index in [0.717, 1.165) is 22.5 Å². The third-order valence-electron chi connectivity index (χ3n) is 3.05. The molecule has 0 aliphatic carbocycles. The first-order chi connectivity index (χ1) is 8.04. The SMILES string of the molecule is Cc1nn(-c2ccc(CBr)cc2F)c(C)c1C. The highest BCUT2D eigenvalue weighted by atomic mass is 79.9. The summed E-state index contributed by atoms with van der Waals surface area (Å²) in [5.41, 5.74) is 4.45. The number of aryl methyl sites for hydroxylation is 1. The molecule has 2 aromatic rings. The lowest BCUT2D eigenvalue weighted by Crippen LogP contribution is -2.02. The molecule has 0 spiro atoms. The van der Waals surface area contributed by atoms with Gasteiger partial charge in [0.15, 0.2) is 0 Å². The second-order valence-corrected chi connectivity index (χ2v) is 4.69. The Labute approximate surface area is 109 Å². The van der Waals surface area contributed by atoms with E-state index in [0.29, 0.717) is 11.0 Å². The molecular formula is C13H14BrFN2. The van der Waals surface area contributed by atoms with E-state index in [9.17, 15) is 4.39 Å². The Morgan fingerprint density at radius 3 is 2.47 bits per heavy atom. The molecule has 0 aliphatic heterocycles. The van der Waals surface area contributed by atoms with E-state index in [4.69, 9.17) is 0 Å². The molecule has 0 fully saturated rings. The van der Waals surface area contributed by atoms with Crippen LogP contribution in [0.2, 0.25) is 0 Å². The van der Waals surface area contributed by atoms with Crippen LogP contribution in [-0.4, -0.2) is 9.78 Å². The smallest absolute Gasteiger partial charge is 0.149 e. The van der Waals surface area contributed by atoms with Crippen LogP contribution in [0.15, 0.2) is 18.2 Å². The summed E-state index contributed by atoms with van der Waals surface area (Å²) in [7, 11) is 0. The Morgan fingerprint density at radius 2 is 2.00 bits per heavy atom. The Morgan fingerprint density at radius 1 is 1.29 bits per heavy atom. The molecule has 90 valence electrons. The zero-order chi connectivity index (χ0) is 12.6. The first-order valence-corrected chi connectivity index (χ1v) is 6.54. The Bertz CT molecular complexity index is 561. The van der Waals surface area contributed by atoms with E-state index < -0.39 is 0 Å². The highest BCUT2D eigenvalue weighted by Gasteiger charge is 2.12. The van der Waals surface area contributed by atoms with Gasteiger partial charge in [-0.1, -0.05) is 22.0 Å². The maximum Gasteiger partial charge on any atom is 0.149 e. The highest BCUT2D eigenvalue weighted by Crippen LogP contribution is 2.20. The van der Waals surface area contributed by atoms with Crippen molar-refractivity contribution in [2.24, 2.45) is 0 Å². The minimum atomic E-state index is -0.243. The summed E-state index contributed by atoms with van der Waals surface area (Å²) in [6, 6.07) is 5.21. The number of alkyl halides is 1. The highest BCUT2D eigenvalue weighted by molar-refractivity contribution is 9.08. The van der Waals surface area contributed by atoms with E-state index in [2.05, 4.69) is 21.0 Å². The standard InChI is InChI=1S/C13H14BrFN2/c1-8-9(2)16-17(10(8)3)13-5-4-11(7-14)6-12(13)15/h4-6H,7H2,1-3H3. The molecule has 1 aromatic carbocycles. The van der Waals surface area contributed by atoms with Crippen molar-refractivity contribution in [2.45, 2.75) is 26.1 Å². The second kappa shape index (κ2) is 4.61. The summed E-state index contributed by atoms with van der Waals surface area (Å²) in [5.74, 6) is -0.243. The van der Waals surface area contributed by atoms with Crippen molar-refractivity contribution < 1.29 is 4.39 Å². The van der Waals surface area contributed by atoms with E-state index in [-0.39, 0.29) is 5.82 Å². The molecule has 2 nitrogen and oxygen atoms in total. The summed E-state index contributed by atoms with van der Waals surface area (Å²) in [5, 5.41) is 5.01. The van der Waals surface area contributed by atoms with E-state index in [1.54, 1.807) is 10.7 Å². The van der Waals surface area contributed by atoms with Crippen LogP contribution in [-0.2, 0) is 5.33 Å². The summed E-state index contributed by atoms with van der Waals surface area (Å²) in [6.07, 6.45) is 0. The summed E-state index contributed by atoms with van der Waals surface area (Å²) in [6.45, 7) is 5.88. The third kappa shape index (κ3) is 2.14. The molecule has 4 heteroatoms.